The molecule has 2 rings (SSSR count). The summed E-state index contributed by atoms with van der Waals surface area (Å²) >= 11 is 0. The van der Waals surface area contributed by atoms with Gasteiger partial charge in [0, 0.05) is 24.8 Å². The highest BCUT2D eigenvalue weighted by atomic mass is 19.1. The zero-order chi connectivity index (χ0) is 15.9. The Morgan fingerprint density at radius 2 is 1.77 bits per heavy atom. The fourth-order valence-corrected chi connectivity index (χ4v) is 2.31. The Kier molecular flexibility index (Phi) is 5.69. The summed E-state index contributed by atoms with van der Waals surface area (Å²) in [6.07, 6.45) is 2.07. The van der Waals surface area contributed by atoms with Gasteiger partial charge >= 0.3 is 0 Å². The molecule has 4 nitrogen and oxygen atoms in total. The molecule has 0 fully saturated rings. The van der Waals surface area contributed by atoms with Gasteiger partial charge in [0.25, 0.3) is 0 Å². The first-order valence-corrected chi connectivity index (χ1v) is 7.76. The maximum Gasteiger partial charge on any atom is 0.227 e. The molecular formula is C17H23FN4. The Bertz CT molecular complexity index is 609. The van der Waals surface area contributed by atoms with E-state index in [0.29, 0.717) is 17.5 Å². The van der Waals surface area contributed by atoms with Crippen LogP contribution < -0.4 is 10.2 Å². The second-order valence-electron chi connectivity index (χ2n) is 5.29. The summed E-state index contributed by atoms with van der Waals surface area (Å²) in [5.41, 5.74) is 1.28. The average Bonchev–Trinajstić information content (AvgIpc) is 2.49. The minimum absolute atomic E-state index is 0.292. The van der Waals surface area contributed by atoms with Crippen LogP contribution >= 0.6 is 0 Å². The summed E-state index contributed by atoms with van der Waals surface area (Å²) < 4.78 is 13.8. The van der Waals surface area contributed by atoms with Crippen LogP contribution in [0.1, 0.15) is 32.4 Å². The minimum Gasteiger partial charge on any atom is -0.341 e. The fraction of sp³-hybridized carbons (Fsp3) is 0.412. The van der Waals surface area contributed by atoms with E-state index in [9.17, 15) is 4.39 Å². The molecule has 0 aliphatic heterocycles. The first-order chi connectivity index (χ1) is 10.6. The van der Waals surface area contributed by atoms with E-state index in [-0.39, 0.29) is 5.82 Å². The molecule has 0 radical (unpaired) electrons. The van der Waals surface area contributed by atoms with Crippen molar-refractivity contribution in [1.82, 2.24) is 9.97 Å². The molecule has 0 spiro atoms. The molecule has 118 valence electrons. The molecule has 2 aromatic rings. The molecule has 1 aromatic heterocycles. The van der Waals surface area contributed by atoms with Crippen LogP contribution in [0, 0.1) is 12.7 Å². The molecule has 22 heavy (non-hydrogen) atoms. The SMILES string of the molecule is CCCN(CCC)c1nc(C)cc(Nc2ccccc2F)n1. The number of hydrogen-bond acceptors (Lipinski definition) is 4. The van der Waals surface area contributed by atoms with Crippen molar-refractivity contribution >= 4 is 17.5 Å². The molecule has 1 N–H and O–H groups in total. The van der Waals surface area contributed by atoms with Crippen molar-refractivity contribution in [2.24, 2.45) is 0 Å². The van der Waals surface area contributed by atoms with Crippen LogP contribution in [0.5, 0.6) is 0 Å². The van der Waals surface area contributed by atoms with Crippen LogP contribution in [-0.4, -0.2) is 23.1 Å². The number of hydrogen-bond donors (Lipinski definition) is 1. The van der Waals surface area contributed by atoms with Gasteiger partial charge < -0.3 is 10.2 Å². The Hall–Kier alpha value is -2.17. The van der Waals surface area contributed by atoms with E-state index in [0.717, 1.165) is 31.6 Å². The van der Waals surface area contributed by atoms with Crippen molar-refractivity contribution in [2.75, 3.05) is 23.3 Å². The second-order valence-corrected chi connectivity index (χ2v) is 5.29. The number of benzene rings is 1. The first kappa shape index (κ1) is 16.2. The Balaban J connectivity index is 2.27. The number of rotatable bonds is 7. The van der Waals surface area contributed by atoms with Gasteiger partial charge in [-0.3, -0.25) is 0 Å². The van der Waals surface area contributed by atoms with Gasteiger partial charge in [0.15, 0.2) is 0 Å². The lowest BCUT2D eigenvalue weighted by atomic mass is 10.3. The van der Waals surface area contributed by atoms with Gasteiger partial charge in [-0.1, -0.05) is 26.0 Å². The molecule has 0 amide bonds. The van der Waals surface area contributed by atoms with Crippen LogP contribution in [0.4, 0.5) is 21.8 Å². The van der Waals surface area contributed by atoms with Crippen LogP contribution in [-0.2, 0) is 0 Å². The molecule has 5 heteroatoms. The summed E-state index contributed by atoms with van der Waals surface area (Å²) in [6.45, 7) is 8.02. The Morgan fingerprint density at radius 3 is 2.41 bits per heavy atom. The van der Waals surface area contributed by atoms with E-state index in [1.165, 1.54) is 6.07 Å². The summed E-state index contributed by atoms with van der Waals surface area (Å²) in [5, 5.41) is 3.04. The highest BCUT2D eigenvalue weighted by Crippen LogP contribution is 2.21. The predicted molar refractivity (Wildman–Crippen MR) is 89.2 cm³/mol. The van der Waals surface area contributed by atoms with Crippen molar-refractivity contribution in [2.45, 2.75) is 33.6 Å². The van der Waals surface area contributed by atoms with Crippen molar-refractivity contribution in [3.05, 3.63) is 41.8 Å². The van der Waals surface area contributed by atoms with E-state index in [1.807, 2.05) is 13.0 Å². The van der Waals surface area contributed by atoms with Gasteiger partial charge in [0.1, 0.15) is 11.6 Å². The summed E-state index contributed by atoms with van der Waals surface area (Å²) in [5.74, 6) is 1.02. The largest absolute Gasteiger partial charge is 0.341 e. The van der Waals surface area contributed by atoms with E-state index in [1.54, 1.807) is 18.2 Å². The van der Waals surface area contributed by atoms with Crippen molar-refractivity contribution in [3.63, 3.8) is 0 Å². The standard InChI is InChI=1S/C17H23FN4/c1-4-10-22(11-5-2)17-19-13(3)12-16(21-17)20-15-9-7-6-8-14(15)18/h6-9,12H,4-5,10-11H2,1-3H3,(H,19,20,21). The number of para-hydroxylation sites is 1. The highest BCUT2D eigenvalue weighted by Gasteiger charge is 2.11. The van der Waals surface area contributed by atoms with E-state index < -0.39 is 0 Å². The molecule has 0 atom stereocenters. The van der Waals surface area contributed by atoms with E-state index in [4.69, 9.17) is 0 Å². The molecule has 0 saturated carbocycles. The molecule has 1 aromatic carbocycles. The summed E-state index contributed by atoms with van der Waals surface area (Å²) in [6, 6.07) is 8.41. The number of nitrogens with zero attached hydrogens (tertiary/aromatic N) is 3. The van der Waals surface area contributed by atoms with Gasteiger partial charge in [-0.05, 0) is 31.9 Å². The summed E-state index contributed by atoms with van der Waals surface area (Å²) in [7, 11) is 0. The van der Waals surface area contributed by atoms with Gasteiger partial charge in [-0.2, -0.15) is 4.98 Å². The quantitative estimate of drug-likeness (QED) is 0.828. The van der Waals surface area contributed by atoms with Crippen LogP contribution in [0.15, 0.2) is 30.3 Å². The third-order valence-corrected chi connectivity index (χ3v) is 3.25. The fourth-order valence-electron chi connectivity index (χ4n) is 2.31. The average molecular weight is 302 g/mol. The van der Waals surface area contributed by atoms with Crippen LogP contribution in [0.2, 0.25) is 0 Å². The second kappa shape index (κ2) is 7.73. The number of halogens is 1. The molecular weight excluding hydrogens is 279 g/mol. The number of aryl methyl sites for hydroxylation is 1. The monoisotopic (exact) mass is 302 g/mol. The van der Waals surface area contributed by atoms with E-state index >= 15 is 0 Å². The van der Waals surface area contributed by atoms with Crippen molar-refractivity contribution in [3.8, 4) is 0 Å². The number of aromatic nitrogens is 2. The molecule has 0 bridgehead atoms. The smallest absolute Gasteiger partial charge is 0.227 e. The normalized spacial score (nSPS) is 10.5. The molecule has 1 heterocycles. The lowest BCUT2D eigenvalue weighted by molar-refractivity contribution is 0.631. The molecule has 0 aliphatic rings. The zero-order valence-electron chi connectivity index (χ0n) is 13.4. The van der Waals surface area contributed by atoms with Gasteiger partial charge in [-0.15, -0.1) is 0 Å². The topological polar surface area (TPSA) is 41.1 Å². The first-order valence-electron chi connectivity index (χ1n) is 7.76. The lowest BCUT2D eigenvalue weighted by Crippen LogP contribution is -2.27. The van der Waals surface area contributed by atoms with Crippen molar-refractivity contribution < 1.29 is 4.39 Å². The predicted octanol–water partition coefficient (Wildman–Crippen LogP) is 4.29. The number of anilines is 3. The Labute approximate surface area is 131 Å². The lowest BCUT2D eigenvalue weighted by Gasteiger charge is -2.22. The summed E-state index contributed by atoms with van der Waals surface area (Å²) in [4.78, 5) is 11.2. The molecule has 0 saturated heterocycles. The zero-order valence-corrected chi connectivity index (χ0v) is 13.4. The maximum absolute atomic E-state index is 13.8. The molecule has 0 unspecified atom stereocenters. The van der Waals surface area contributed by atoms with Crippen molar-refractivity contribution in [1.29, 1.82) is 0 Å². The van der Waals surface area contributed by atoms with Crippen LogP contribution in [0.25, 0.3) is 0 Å². The molecule has 0 aliphatic carbocycles. The highest BCUT2D eigenvalue weighted by molar-refractivity contribution is 5.58. The van der Waals surface area contributed by atoms with E-state index in [2.05, 4.69) is 34.0 Å². The maximum atomic E-state index is 13.8. The third-order valence-electron chi connectivity index (χ3n) is 3.25. The van der Waals surface area contributed by atoms with Gasteiger partial charge in [0.2, 0.25) is 5.95 Å². The number of nitrogens with one attached hydrogen (secondary N) is 1. The van der Waals surface area contributed by atoms with Crippen LogP contribution in [0.3, 0.4) is 0 Å². The Morgan fingerprint density at radius 1 is 1.09 bits per heavy atom. The van der Waals surface area contributed by atoms with Gasteiger partial charge in [-0.25, -0.2) is 9.37 Å². The minimum atomic E-state index is -0.292. The third kappa shape index (κ3) is 4.16. The van der Waals surface area contributed by atoms with Gasteiger partial charge in [0.05, 0.1) is 5.69 Å².